The second-order valence-corrected chi connectivity index (χ2v) is 8.76. The first-order valence-electron chi connectivity index (χ1n) is 10.1. The summed E-state index contributed by atoms with van der Waals surface area (Å²) in [6.07, 6.45) is 1.60. The van der Waals surface area contributed by atoms with Crippen LogP contribution in [0, 0.1) is 5.82 Å². The van der Waals surface area contributed by atoms with Gasteiger partial charge in [-0.2, -0.15) is 0 Å². The van der Waals surface area contributed by atoms with Crippen molar-refractivity contribution in [3.63, 3.8) is 0 Å². The van der Waals surface area contributed by atoms with Crippen LogP contribution >= 0.6 is 27.5 Å². The molecule has 5 rings (SSSR count). The molecule has 5 aromatic rings. The van der Waals surface area contributed by atoms with Gasteiger partial charge in [0.25, 0.3) is 0 Å². The predicted molar refractivity (Wildman–Crippen MR) is 133 cm³/mol. The number of aromatic nitrogens is 2. The third kappa shape index (κ3) is 4.34. The molecule has 0 aliphatic heterocycles. The van der Waals surface area contributed by atoms with Crippen LogP contribution in [0.15, 0.2) is 114 Å². The number of alkyl halides is 1. The molecule has 0 saturated heterocycles. The molecule has 4 aromatic carbocycles. The number of benzene rings is 4. The fourth-order valence-electron chi connectivity index (χ4n) is 3.68. The molecule has 160 valence electrons. The lowest BCUT2D eigenvalue weighted by molar-refractivity contribution is 0.625. The molecule has 0 bridgehead atoms. The lowest BCUT2D eigenvalue weighted by Gasteiger charge is -2.29. The summed E-state index contributed by atoms with van der Waals surface area (Å²) in [7, 11) is 1.77. The lowest BCUT2D eigenvalue weighted by atomic mass is 9.84. The van der Waals surface area contributed by atoms with Gasteiger partial charge in [0.2, 0.25) is 0 Å². The largest absolute Gasteiger partial charge is 0.331 e. The van der Waals surface area contributed by atoms with Crippen LogP contribution in [0.5, 0.6) is 0 Å². The van der Waals surface area contributed by atoms with Gasteiger partial charge in [-0.25, -0.2) is 9.37 Å². The highest BCUT2D eigenvalue weighted by Crippen LogP contribution is 2.42. The second-order valence-electron chi connectivity index (χ2n) is 7.34. The number of fused-ring (bicyclic) bond motifs is 1. The van der Waals surface area contributed by atoms with Crippen molar-refractivity contribution in [2.75, 3.05) is 0 Å². The normalized spacial score (nSPS) is 11.1. The second kappa shape index (κ2) is 9.68. The van der Waals surface area contributed by atoms with Gasteiger partial charge >= 0.3 is 0 Å². The van der Waals surface area contributed by atoms with E-state index < -0.39 is 4.87 Å². The molecule has 5 heteroatoms. The standard InChI is InChI=1S/C19H15Cl.C8H6BrFN2/c20-19(16-10-4-1-5-11-16,17-12-6-2-7-13-17)18-14-8-3-9-15-18;1-12-4-11-6-3-2-5(9)7(10)8(6)12/h1-15H;2-4H,1H3. The number of halogens is 3. The van der Waals surface area contributed by atoms with Crippen molar-refractivity contribution in [2.45, 2.75) is 4.87 Å². The first kappa shape index (κ1) is 22.3. The highest BCUT2D eigenvalue weighted by molar-refractivity contribution is 9.10. The molecule has 0 aliphatic rings. The minimum atomic E-state index is -0.649. The summed E-state index contributed by atoms with van der Waals surface area (Å²) >= 11 is 10.2. The van der Waals surface area contributed by atoms with Crippen LogP contribution in [-0.4, -0.2) is 9.55 Å². The average molecular weight is 508 g/mol. The van der Waals surface area contributed by atoms with Crippen molar-refractivity contribution in [2.24, 2.45) is 7.05 Å². The van der Waals surface area contributed by atoms with Crippen molar-refractivity contribution in [1.82, 2.24) is 9.55 Å². The van der Waals surface area contributed by atoms with Crippen molar-refractivity contribution in [3.05, 3.63) is 136 Å². The first-order valence-corrected chi connectivity index (χ1v) is 11.3. The highest BCUT2D eigenvalue weighted by atomic mass is 79.9. The Kier molecular flexibility index (Phi) is 6.73. The molecule has 2 nitrogen and oxygen atoms in total. The van der Waals surface area contributed by atoms with Gasteiger partial charge in [-0.05, 0) is 44.8 Å². The van der Waals surface area contributed by atoms with Crippen LogP contribution in [0.3, 0.4) is 0 Å². The van der Waals surface area contributed by atoms with E-state index in [1.807, 2.05) is 54.6 Å². The molecule has 0 N–H and O–H groups in total. The summed E-state index contributed by atoms with van der Waals surface area (Å²) < 4.78 is 15.5. The number of imidazole rings is 1. The van der Waals surface area contributed by atoms with E-state index >= 15 is 0 Å². The summed E-state index contributed by atoms with van der Waals surface area (Å²) in [5.74, 6) is -0.257. The van der Waals surface area contributed by atoms with Crippen molar-refractivity contribution in [3.8, 4) is 0 Å². The van der Waals surface area contributed by atoms with Gasteiger partial charge in [0.05, 0.1) is 16.3 Å². The molecule has 0 amide bonds. The van der Waals surface area contributed by atoms with Gasteiger partial charge in [-0.1, -0.05) is 91.0 Å². The van der Waals surface area contributed by atoms with Crippen LogP contribution in [-0.2, 0) is 11.9 Å². The van der Waals surface area contributed by atoms with E-state index in [9.17, 15) is 4.39 Å². The number of hydrogen-bond donors (Lipinski definition) is 0. The summed E-state index contributed by atoms with van der Waals surface area (Å²) in [6, 6.07) is 34.1. The van der Waals surface area contributed by atoms with E-state index in [0.717, 1.165) is 16.7 Å². The van der Waals surface area contributed by atoms with Gasteiger partial charge in [0.15, 0.2) is 5.82 Å². The Balaban J connectivity index is 0.000000174. The van der Waals surface area contributed by atoms with Gasteiger partial charge < -0.3 is 4.57 Å². The van der Waals surface area contributed by atoms with E-state index in [1.54, 1.807) is 30.1 Å². The maximum Gasteiger partial charge on any atom is 0.163 e. The van der Waals surface area contributed by atoms with E-state index in [0.29, 0.717) is 15.5 Å². The molecular formula is C27H21BrClFN2. The molecule has 0 spiro atoms. The zero-order chi connectivity index (χ0) is 22.6. The topological polar surface area (TPSA) is 17.8 Å². The minimum Gasteiger partial charge on any atom is -0.331 e. The van der Waals surface area contributed by atoms with Gasteiger partial charge in [-0.15, -0.1) is 11.6 Å². The Morgan fingerprint density at radius 2 is 1.19 bits per heavy atom. The SMILES string of the molecule is ClC(c1ccccc1)(c1ccccc1)c1ccccc1.Cn1cnc2ccc(Br)c(F)c21. The van der Waals surface area contributed by atoms with Crippen molar-refractivity contribution < 1.29 is 4.39 Å². The third-order valence-electron chi connectivity index (χ3n) is 5.29. The van der Waals surface area contributed by atoms with Crippen LogP contribution in [0.25, 0.3) is 11.0 Å². The molecule has 0 fully saturated rings. The quantitative estimate of drug-likeness (QED) is 0.181. The zero-order valence-corrected chi connectivity index (χ0v) is 19.8. The zero-order valence-electron chi connectivity index (χ0n) is 17.4. The Morgan fingerprint density at radius 1 is 0.750 bits per heavy atom. The minimum absolute atomic E-state index is 0.257. The van der Waals surface area contributed by atoms with Crippen molar-refractivity contribution in [1.29, 1.82) is 0 Å². The first-order chi connectivity index (χ1) is 15.5. The Morgan fingerprint density at radius 3 is 1.62 bits per heavy atom. The summed E-state index contributed by atoms with van der Waals surface area (Å²) in [6.45, 7) is 0. The molecule has 0 radical (unpaired) electrons. The van der Waals surface area contributed by atoms with Gasteiger partial charge in [0.1, 0.15) is 10.4 Å². The smallest absolute Gasteiger partial charge is 0.163 e. The Bertz CT molecular complexity index is 1210. The molecule has 0 aliphatic carbocycles. The van der Waals surface area contributed by atoms with Crippen LogP contribution in [0.2, 0.25) is 0 Å². The summed E-state index contributed by atoms with van der Waals surface area (Å²) in [5.41, 5.74) is 4.46. The van der Waals surface area contributed by atoms with Gasteiger partial charge in [0, 0.05) is 7.05 Å². The Labute approximate surface area is 200 Å². The Hall–Kier alpha value is -2.95. The fraction of sp³-hybridized carbons (Fsp3) is 0.0741. The molecule has 1 aromatic heterocycles. The third-order valence-corrected chi connectivity index (χ3v) is 6.55. The maximum absolute atomic E-state index is 13.4. The average Bonchev–Trinajstić information content (AvgIpc) is 3.24. The lowest BCUT2D eigenvalue weighted by Crippen LogP contribution is -2.22. The number of nitrogens with zero attached hydrogens (tertiary/aromatic N) is 2. The van der Waals surface area contributed by atoms with E-state index in [1.165, 1.54) is 0 Å². The van der Waals surface area contributed by atoms with Crippen LogP contribution in [0.4, 0.5) is 4.39 Å². The fourth-order valence-corrected chi connectivity index (χ4v) is 4.38. The predicted octanol–water partition coefficient (Wildman–Crippen LogP) is 7.69. The molecule has 0 saturated carbocycles. The number of aryl methyl sites for hydroxylation is 1. The van der Waals surface area contributed by atoms with E-state index in [2.05, 4.69) is 57.3 Å². The highest BCUT2D eigenvalue weighted by Gasteiger charge is 2.33. The maximum atomic E-state index is 13.4. The van der Waals surface area contributed by atoms with Crippen molar-refractivity contribution >= 4 is 38.6 Å². The number of rotatable bonds is 3. The van der Waals surface area contributed by atoms with E-state index in [-0.39, 0.29) is 5.82 Å². The summed E-state index contributed by atoms with van der Waals surface area (Å²) in [5, 5.41) is 0. The molecule has 1 heterocycles. The molecule has 32 heavy (non-hydrogen) atoms. The van der Waals surface area contributed by atoms with Gasteiger partial charge in [-0.3, -0.25) is 0 Å². The summed E-state index contributed by atoms with van der Waals surface area (Å²) in [4.78, 5) is 3.37. The number of hydrogen-bond acceptors (Lipinski definition) is 1. The molecule has 0 atom stereocenters. The van der Waals surface area contributed by atoms with E-state index in [4.69, 9.17) is 11.6 Å². The molecular weight excluding hydrogens is 487 g/mol. The van der Waals surface area contributed by atoms with Crippen LogP contribution < -0.4 is 0 Å². The monoisotopic (exact) mass is 506 g/mol. The molecule has 0 unspecified atom stereocenters. The van der Waals surface area contributed by atoms with Crippen LogP contribution in [0.1, 0.15) is 16.7 Å².